The van der Waals surface area contributed by atoms with Crippen LogP contribution in [0, 0.1) is 40.1 Å². The van der Waals surface area contributed by atoms with Crippen LogP contribution in [0.2, 0.25) is 0 Å². The number of methoxy groups -OCH3 is 1. The van der Waals surface area contributed by atoms with Crippen LogP contribution >= 0.6 is 0 Å². The second-order valence-corrected chi connectivity index (χ2v) is 5.54. The quantitative estimate of drug-likeness (QED) is 0.363. The highest BCUT2D eigenvalue weighted by Crippen LogP contribution is 2.39. The summed E-state index contributed by atoms with van der Waals surface area (Å²) < 4.78 is 63.6. The Morgan fingerprint density at radius 1 is 1.00 bits per heavy atom. The molecule has 0 fully saturated rings. The van der Waals surface area contributed by atoms with Gasteiger partial charge in [0.25, 0.3) is 0 Å². The van der Waals surface area contributed by atoms with E-state index in [0.717, 1.165) is 0 Å². The van der Waals surface area contributed by atoms with Gasteiger partial charge in [-0.2, -0.15) is 14.9 Å². The number of hydrogen-bond donors (Lipinski definition) is 0. The molecule has 0 heterocycles. The number of nitriles is 2. The monoisotopic (exact) mass is 420 g/mol. The predicted molar refractivity (Wildman–Crippen MR) is 95.6 cm³/mol. The molecule has 0 bridgehead atoms. The zero-order valence-electron chi connectivity index (χ0n) is 15.9. The van der Waals surface area contributed by atoms with Gasteiger partial charge >= 0.3 is 5.97 Å². The smallest absolute Gasteiger partial charge is 0.342 e. The molecule has 2 aromatic carbocycles. The summed E-state index contributed by atoms with van der Waals surface area (Å²) in [6.45, 7) is 1.71. The van der Waals surface area contributed by atoms with Crippen molar-refractivity contribution in [2.45, 2.75) is 6.92 Å². The predicted octanol–water partition coefficient (Wildman–Crippen LogP) is 3.84. The van der Waals surface area contributed by atoms with Crippen molar-refractivity contribution >= 4 is 5.97 Å². The van der Waals surface area contributed by atoms with Gasteiger partial charge in [-0.25, -0.2) is 13.6 Å². The van der Waals surface area contributed by atoms with Gasteiger partial charge in [-0.05, 0) is 19.1 Å². The molecule has 0 amide bonds. The van der Waals surface area contributed by atoms with Crippen molar-refractivity contribution in [3.05, 3.63) is 52.3 Å². The molecule has 10 heteroatoms. The summed E-state index contributed by atoms with van der Waals surface area (Å²) in [5.74, 6) is -7.96. The van der Waals surface area contributed by atoms with Gasteiger partial charge in [0, 0.05) is 7.11 Å². The highest BCUT2D eigenvalue weighted by molar-refractivity contribution is 5.93. The lowest BCUT2D eigenvalue weighted by Crippen LogP contribution is -2.12. The number of carbonyl (C=O) groups excluding carboxylic acids is 1. The number of carbonyl (C=O) groups is 1. The zero-order chi connectivity index (χ0) is 22.3. The fraction of sp³-hybridized carbons (Fsp3) is 0.250. The van der Waals surface area contributed by atoms with Crippen molar-refractivity contribution in [2.24, 2.45) is 0 Å². The minimum Gasteiger partial charge on any atom is -0.490 e. The average Bonchev–Trinajstić information content (AvgIpc) is 2.74. The molecule has 0 aliphatic heterocycles. The fourth-order valence-electron chi connectivity index (χ4n) is 2.39. The number of benzene rings is 2. The van der Waals surface area contributed by atoms with E-state index in [2.05, 4.69) is 0 Å². The van der Waals surface area contributed by atoms with Crippen LogP contribution < -0.4 is 9.47 Å². The van der Waals surface area contributed by atoms with E-state index in [-0.39, 0.29) is 31.1 Å². The Morgan fingerprint density at radius 2 is 1.67 bits per heavy atom. The standard InChI is InChI=1S/C20H15F3N2O5/c1-3-28-14-6-4-5-11(20(26)29-8-7-27-2)18(14)30-19-16(22)13(10-25)12(9-24)15(21)17(19)23/h4-6H,3,7-8H2,1-2H3. The normalized spacial score (nSPS) is 10.1. The molecule has 156 valence electrons. The van der Waals surface area contributed by atoms with E-state index < -0.39 is 46.0 Å². The Hall–Kier alpha value is -3.76. The number of ether oxygens (including phenoxy) is 4. The molecule has 0 unspecified atom stereocenters. The van der Waals surface area contributed by atoms with Crippen molar-refractivity contribution in [2.75, 3.05) is 26.9 Å². The van der Waals surface area contributed by atoms with E-state index in [9.17, 15) is 18.0 Å². The van der Waals surface area contributed by atoms with Gasteiger partial charge in [-0.1, -0.05) is 6.07 Å². The summed E-state index contributed by atoms with van der Waals surface area (Å²) in [6.07, 6.45) is 0. The lowest BCUT2D eigenvalue weighted by Gasteiger charge is -2.17. The van der Waals surface area contributed by atoms with E-state index in [0.29, 0.717) is 0 Å². The second-order valence-electron chi connectivity index (χ2n) is 5.54. The molecule has 2 rings (SSSR count). The van der Waals surface area contributed by atoms with Gasteiger partial charge < -0.3 is 18.9 Å². The van der Waals surface area contributed by atoms with Crippen molar-refractivity contribution in [3.63, 3.8) is 0 Å². The first-order chi connectivity index (χ1) is 14.4. The second kappa shape index (κ2) is 10.1. The Balaban J connectivity index is 2.63. The van der Waals surface area contributed by atoms with E-state index in [1.807, 2.05) is 0 Å². The van der Waals surface area contributed by atoms with Gasteiger partial charge in [0.1, 0.15) is 35.4 Å². The third kappa shape index (κ3) is 4.45. The summed E-state index contributed by atoms with van der Waals surface area (Å²) in [6, 6.07) is 6.54. The molecular formula is C20H15F3N2O5. The molecule has 30 heavy (non-hydrogen) atoms. The summed E-state index contributed by atoms with van der Waals surface area (Å²) in [5.41, 5.74) is -2.40. The first-order valence-electron chi connectivity index (χ1n) is 8.51. The van der Waals surface area contributed by atoms with Crippen LogP contribution in [0.3, 0.4) is 0 Å². The van der Waals surface area contributed by atoms with E-state index in [1.54, 1.807) is 6.92 Å². The van der Waals surface area contributed by atoms with Crippen molar-refractivity contribution < 1.29 is 36.9 Å². The molecule has 0 aliphatic carbocycles. The number of halogens is 3. The number of nitrogens with zero attached hydrogens (tertiary/aromatic N) is 2. The van der Waals surface area contributed by atoms with Crippen LogP contribution in [-0.2, 0) is 9.47 Å². The fourth-order valence-corrected chi connectivity index (χ4v) is 2.39. The summed E-state index contributed by atoms with van der Waals surface area (Å²) in [7, 11) is 1.40. The van der Waals surface area contributed by atoms with Crippen LogP contribution in [0.1, 0.15) is 28.4 Å². The third-order valence-corrected chi connectivity index (χ3v) is 3.73. The van der Waals surface area contributed by atoms with Gasteiger partial charge in [0.2, 0.25) is 11.6 Å². The summed E-state index contributed by atoms with van der Waals surface area (Å²) >= 11 is 0. The van der Waals surface area contributed by atoms with E-state index in [4.69, 9.17) is 29.5 Å². The van der Waals surface area contributed by atoms with Crippen LogP contribution in [0.5, 0.6) is 17.2 Å². The Morgan fingerprint density at radius 3 is 2.27 bits per heavy atom. The van der Waals surface area contributed by atoms with E-state index >= 15 is 0 Å². The number of rotatable bonds is 8. The molecule has 0 radical (unpaired) electrons. The molecule has 0 atom stereocenters. The van der Waals surface area contributed by atoms with Gasteiger partial charge in [-0.3, -0.25) is 0 Å². The molecular weight excluding hydrogens is 405 g/mol. The van der Waals surface area contributed by atoms with Crippen LogP contribution in [0.15, 0.2) is 18.2 Å². The lowest BCUT2D eigenvalue weighted by atomic mass is 10.1. The topological polar surface area (TPSA) is 102 Å². The Bertz CT molecular complexity index is 1040. The van der Waals surface area contributed by atoms with Crippen molar-refractivity contribution in [1.29, 1.82) is 10.5 Å². The van der Waals surface area contributed by atoms with Crippen molar-refractivity contribution in [3.8, 4) is 29.4 Å². The van der Waals surface area contributed by atoms with Crippen LogP contribution in [0.25, 0.3) is 0 Å². The van der Waals surface area contributed by atoms with Gasteiger partial charge in [0.05, 0.1) is 13.2 Å². The first-order valence-corrected chi connectivity index (χ1v) is 8.51. The largest absolute Gasteiger partial charge is 0.490 e. The van der Waals surface area contributed by atoms with Crippen LogP contribution in [0.4, 0.5) is 13.2 Å². The summed E-state index contributed by atoms with van der Waals surface area (Å²) in [4.78, 5) is 12.4. The minimum atomic E-state index is -1.84. The molecule has 0 N–H and O–H groups in total. The Kier molecular flexibility index (Phi) is 7.62. The maximum atomic E-state index is 14.7. The molecule has 0 spiro atoms. The molecule has 7 nitrogen and oxygen atoms in total. The number of hydrogen-bond acceptors (Lipinski definition) is 7. The SMILES string of the molecule is CCOc1cccc(C(=O)OCCOC)c1Oc1c(F)c(F)c(C#N)c(C#N)c1F. The van der Waals surface area contributed by atoms with E-state index in [1.165, 1.54) is 37.4 Å². The average molecular weight is 420 g/mol. The van der Waals surface area contributed by atoms with Gasteiger partial charge in [-0.15, -0.1) is 0 Å². The first kappa shape index (κ1) is 22.5. The minimum absolute atomic E-state index is 0.0826. The molecule has 0 aliphatic rings. The molecule has 0 saturated carbocycles. The maximum absolute atomic E-state index is 14.7. The molecule has 2 aromatic rings. The molecule has 0 aromatic heterocycles. The van der Waals surface area contributed by atoms with Crippen molar-refractivity contribution in [1.82, 2.24) is 0 Å². The van der Waals surface area contributed by atoms with Crippen LogP contribution in [-0.4, -0.2) is 32.9 Å². The lowest BCUT2D eigenvalue weighted by molar-refractivity contribution is 0.0384. The number of esters is 1. The third-order valence-electron chi connectivity index (χ3n) is 3.73. The summed E-state index contributed by atoms with van der Waals surface area (Å²) in [5, 5.41) is 17.9. The number of para-hydroxylation sites is 1. The maximum Gasteiger partial charge on any atom is 0.342 e. The Labute approximate surface area is 169 Å². The zero-order valence-corrected chi connectivity index (χ0v) is 15.9. The highest BCUT2D eigenvalue weighted by atomic mass is 19.2. The van der Waals surface area contributed by atoms with Gasteiger partial charge in [0.15, 0.2) is 23.1 Å². The highest BCUT2D eigenvalue weighted by Gasteiger charge is 2.29. The molecule has 0 saturated heterocycles.